The van der Waals surface area contributed by atoms with Crippen LogP contribution < -0.4 is 11.1 Å². The lowest BCUT2D eigenvalue weighted by molar-refractivity contribution is -0.132. The predicted octanol–water partition coefficient (Wildman–Crippen LogP) is 2.16. The standard InChI is InChI=1S/C14H18ClFN2O2/c1-8(13-10(15)3-2-4-11(13)16)18-14(19)12-6-5-9(7-17)20-12/h2-4,8-9,12H,5-7,17H2,1H3,(H,18,19)/t8?,9-,12+/m1/s1. The van der Waals surface area contributed by atoms with E-state index in [0.29, 0.717) is 18.0 Å². The van der Waals surface area contributed by atoms with Gasteiger partial charge < -0.3 is 15.8 Å². The maximum Gasteiger partial charge on any atom is 0.249 e. The zero-order chi connectivity index (χ0) is 14.7. The van der Waals surface area contributed by atoms with Gasteiger partial charge in [0, 0.05) is 17.1 Å². The maximum atomic E-state index is 13.8. The Bertz CT molecular complexity index is 478. The smallest absolute Gasteiger partial charge is 0.249 e. The lowest BCUT2D eigenvalue weighted by atomic mass is 10.1. The molecule has 20 heavy (non-hydrogen) atoms. The van der Waals surface area contributed by atoms with Gasteiger partial charge in [-0.05, 0) is 31.9 Å². The first-order valence-corrected chi connectivity index (χ1v) is 7.00. The minimum absolute atomic E-state index is 0.0712. The monoisotopic (exact) mass is 300 g/mol. The molecule has 0 radical (unpaired) electrons. The topological polar surface area (TPSA) is 64.4 Å². The van der Waals surface area contributed by atoms with Gasteiger partial charge in [0.1, 0.15) is 11.9 Å². The Kier molecular flexibility index (Phi) is 4.96. The summed E-state index contributed by atoms with van der Waals surface area (Å²) >= 11 is 5.97. The van der Waals surface area contributed by atoms with Gasteiger partial charge in [-0.15, -0.1) is 0 Å². The second-order valence-electron chi connectivity index (χ2n) is 4.93. The van der Waals surface area contributed by atoms with Gasteiger partial charge in [0.05, 0.1) is 12.1 Å². The lowest BCUT2D eigenvalue weighted by Gasteiger charge is -2.19. The van der Waals surface area contributed by atoms with Crippen molar-refractivity contribution in [1.82, 2.24) is 5.32 Å². The molecule has 1 heterocycles. The fourth-order valence-corrected chi connectivity index (χ4v) is 2.70. The van der Waals surface area contributed by atoms with Crippen LogP contribution in [0.15, 0.2) is 18.2 Å². The molecule has 6 heteroatoms. The van der Waals surface area contributed by atoms with Gasteiger partial charge >= 0.3 is 0 Å². The number of hydrogen-bond acceptors (Lipinski definition) is 3. The number of ether oxygens (including phenoxy) is 1. The molecule has 0 bridgehead atoms. The molecule has 0 aromatic heterocycles. The van der Waals surface area contributed by atoms with E-state index >= 15 is 0 Å². The summed E-state index contributed by atoms with van der Waals surface area (Å²) in [7, 11) is 0. The predicted molar refractivity (Wildman–Crippen MR) is 74.9 cm³/mol. The van der Waals surface area contributed by atoms with Crippen LogP contribution in [-0.4, -0.2) is 24.7 Å². The van der Waals surface area contributed by atoms with Gasteiger partial charge in [-0.25, -0.2) is 4.39 Å². The summed E-state index contributed by atoms with van der Waals surface area (Å²) in [6.07, 6.45) is 0.809. The Hall–Kier alpha value is -1.17. The molecule has 1 aliphatic rings. The van der Waals surface area contributed by atoms with Gasteiger partial charge in [-0.2, -0.15) is 0 Å². The molecule has 3 N–H and O–H groups in total. The highest BCUT2D eigenvalue weighted by Crippen LogP contribution is 2.26. The summed E-state index contributed by atoms with van der Waals surface area (Å²) < 4.78 is 19.3. The van der Waals surface area contributed by atoms with Crippen molar-refractivity contribution >= 4 is 17.5 Å². The van der Waals surface area contributed by atoms with E-state index in [1.54, 1.807) is 13.0 Å². The Morgan fingerprint density at radius 2 is 2.35 bits per heavy atom. The third-order valence-electron chi connectivity index (χ3n) is 3.45. The molecule has 0 spiro atoms. The van der Waals surface area contributed by atoms with Crippen LogP contribution in [0.3, 0.4) is 0 Å². The Balaban J connectivity index is 2.01. The Labute approximate surface area is 122 Å². The molecule has 0 saturated carbocycles. The minimum Gasteiger partial charge on any atom is -0.364 e. The van der Waals surface area contributed by atoms with Crippen LogP contribution in [-0.2, 0) is 9.53 Å². The highest BCUT2D eigenvalue weighted by Gasteiger charge is 2.31. The van der Waals surface area contributed by atoms with Crippen LogP contribution in [0.5, 0.6) is 0 Å². The van der Waals surface area contributed by atoms with Crippen LogP contribution in [0.4, 0.5) is 4.39 Å². The number of nitrogens with two attached hydrogens (primary N) is 1. The molecule has 4 nitrogen and oxygen atoms in total. The van der Waals surface area contributed by atoms with E-state index < -0.39 is 18.0 Å². The van der Waals surface area contributed by atoms with Gasteiger partial charge in [0.2, 0.25) is 5.91 Å². The third kappa shape index (κ3) is 3.29. The highest BCUT2D eigenvalue weighted by molar-refractivity contribution is 6.31. The molecule has 1 aromatic rings. The molecule has 1 fully saturated rings. The lowest BCUT2D eigenvalue weighted by Crippen LogP contribution is -2.37. The van der Waals surface area contributed by atoms with E-state index in [0.717, 1.165) is 6.42 Å². The number of carbonyl (C=O) groups is 1. The Morgan fingerprint density at radius 1 is 1.60 bits per heavy atom. The van der Waals surface area contributed by atoms with Crippen LogP contribution in [0.2, 0.25) is 5.02 Å². The molecule has 110 valence electrons. The summed E-state index contributed by atoms with van der Waals surface area (Å²) in [5, 5.41) is 3.03. The average Bonchev–Trinajstić information content (AvgIpc) is 2.87. The molecule has 1 unspecified atom stereocenters. The number of amides is 1. The third-order valence-corrected chi connectivity index (χ3v) is 3.78. The van der Waals surface area contributed by atoms with Crippen molar-refractivity contribution < 1.29 is 13.9 Å². The van der Waals surface area contributed by atoms with E-state index in [-0.39, 0.29) is 17.6 Å². The van der Waals surface area contributed by atoms with Crippen molar-refractivity contribution in [1.29, 1.82) is 0 Å². The normalized spacial score (nSPS) is 23.6. The van der Waals surface area contributed by atoms with Crippen molar-refractivity contribution in [2.24, 2.45) is 5.73 Å². The van der Waals surface area contributed by atoms with E-state index in [4.69, 9.17) is 22.1 Å². The molecule has 0 aliphatic carbocycles. The van der Waals surface area contributed by atoms with E-state index in [1.165, 1.54) is 12.1 Å². The van der Waals surface area contributed by atoms with Crippen LogP contribution in [0.25, 0.3) is 0 Å². The molecular weight excluding hydrogens is 283 g/mol. The van der Waals surface area contributed by atoms with Crippen molar-refractivity contribution in [3.05, 3.63) is 34.6 Å². The first-order valence-electron chi connectivity index (χ1n) is 6.62. The molecule has 3 atom stereocenters. The SMILES string of the molecule is CC(NC(=O)[C@@H]1CC[C@H](CN)O1)c1c(F)cccc1Cl. The zero-order valence-electron chi connectivity index (χ0n) is 11.2. The summed E-state index contributed by atoms with van der Waals surface area (Å²) in [4.78, 5) is 12.1. The van der Waals surface area contributed by atoms with Crippen molar-refractivity contribution in [3.63, 3.8) is 0 Å². The number of rotatable bonds is 4. The molecule has 1 aliphatic heterocycles. The molecule has 1 saturated heterocycles. The molecular formula is C14H18ClFN2O2. The molecule has 1 aromatic carbocycles. The van der Waals surface area contributed by atoms with Crippen molar-refractivity contribution in [2.75, 3.05) is 6.54 Å². The fraction of sp³-hybridized carbons (Fsp3) is 0.500. The van der Waals surface area contributed by atoms with E-state index in [2.05, 4.69) is 5.32 Å². The minimum atomic E-state index is -0.517. The van der Waals surface area contributed by atoms with E-state index in [1.807, 2.05) is 0 Å². The largest absolute Gasteiger partial charge is 0.364 e. The summed E-state index contributed by atoms with van der Waals surface area (Å²) in [6.45, 7) is 2.09. The van der Waals surface area contributed by atoms with Crippen LogP contribution in [0, 0.1) is 5.82 Å². The number of benzene rings is 1. The van der Waals surface area contributed by atoms with Gasteiger partial charge in [0.15, 0.2) is 0 Å². The van der Waals surface area contributed by atoms with Crippen molar-refractivity contribution in [2.45, 2.75) is 38.0 Å². The summed E-state index contributed by atoms with van der Waals surface area (Å²) in [5.74, 6) is -0.690. The second-order valence-corrected chi connectivity index (χ2v) is 5.33. The number of halogens is 2. The number of nitrogens with one attached hydrogen (secondary N) is 1. The average molecular weight is 301 g/mol. The van der Waals surface area contributed by atoms with E-state index in [9.17, 15) is 9.18 Å². The number of hydrogen-bond donors (Lipinski definition) is 2. The molecule has 1 amide bonds. The highest BCUT2D eigenvalue weighted by atomic mass is 35.5. The maximum absolute atomic E-state index is 13.8. The van der Waals surface area contributed by atoms with Gasteiger partial charge in [0.25, 0.3) is 0 Å². The quantitative estimate of drug-likeness (QED) is 0.895. The van der Waals surface area contributed by atoms with Crippen LogP contribution in [0.1, 0.15) is 31.4 Å². The Morgan fingerprint density at radius 3 is 2.95 bits per heavy atom. The van der Waals surface area contributed by atoms with Crippen molar-refractivity contribution in [3.8, 4) is 0 Å². The van der Waals surface area contributed by atoms with Gasteiger partial charge in [-0.3, -0.25) is 4.79 Å². The second kappa shape index (κ2) is 6.52. The summed E-state index contributed by atoms with van der Waals surface area (Å²) in [5.41, 5.74) is 5.79. The van der Waals surface area contributed by atoms with Crippen LogP contribution >= 0.6 is 11.6 Å². The van der Waals surface area contributed by atoms with Gasteiger partial charge in [-0.1, -0.05) is 17.7 Å². The fourth-order valence-electron chi connectivity index (χ4n) is 2.37. The zero-order valence-corrected chi connectivity index (χ0v) is 12.0. The first-order chi connectivity index (χ1) is 9.52. The summed E-state index contributed by atoms with van der Waals surface area (Å²) in [6, 6.07) is 3.93. The first kappa shape index (κ1) is 15.2. The number of carbonyl (C=O) groups excluding carboxylic acids is 1. The molecule has 2 rings (SSSR count).